The van der Waals surface area contributed by atoms with Crippen molar-refractivity contribution in [3.8, 4) is 17.2 Å². The second-order valence-corrected chi connectivity index (χ2v) is 4.96. The Morgan fingerprint density at radius 2 is 1.80 bits per heavy atom. The van der Waals surface area contributed by atoms with Crippen LogP contribution in [0.15, 0.2) is 36.4 Å². The summed E-state index contributed by atoms with van der Waals surface area (Å²) < 4.78 is 5.83. The number of fused-ring (bicyclic) bond motifs is 1. The molecule has 0 aromatic heterocycles. The first kappa shape index (κ1) is 12.5. The van der Waals surface area contributed by atoms with E-state index in [-0.39, 0.29) is 23.7 Å². The predicted molar refractivity (Wildman–Crippen MR) is 73.3 cm³/mol. The van der Waals surface area contributed by atoms with Gasteiger partial charge in [-0.1, -0.05) is 12.1 Å². The molecule has 0 radical (unpaired) electrons. The van der Waals surface area contributed by atoms with Gasteiger partial charge in [-0.3, -0.25) is 4.79 Å². The van der Waals surface area contributed by atoms with Gasteiger partial charge in [0, 0.05) is 6.07 Å². The molecule has 1 aliphatic heterocycles. The third-order valence-electron chi connectivity index (χ3n) is 3.47. The molecule has 0 bridgehead atoms. The standard InChI is InChI=1S/C16H14O4/c1-9-6-12(18)7-15-16(9)13(19)8-14(20-15)10-2-4-11(17)5-3-10/h2-7,14,17-18H,8H2,1H3. The van der Waals surface area contributed by atoms with Crippen molar-refractivity contribution >= 4 is 5.78 Å². The lowest BCUT2D eigenvalue weighted by atomic mass is 9.93. The Balaban J connectivity index is 2.00. The first-order chi connectivity index (χ1) is 9.54. The van der Waals surface area contributed by atoms with Crippen molar-refractivity contribution in [1.82, 2.24) is 0 Å². The maximum atomic E-state index is 12.3. The van der Waals surface area contributed by atoms with Gasteiger partial charge < -0.3 is 14.9 Å². The van der Waals surface area contributed by atoms with Gasteiger partial charge in [-0.15, -0.1) is 0 Å². The number of ketones is 1. The van der Waals surface area contributed by atoms with E-state index >= 15 is 0 Å². The van der Waals surface area contributed by atoms with Gasteiger partial charge in [-0.05, 0) is 36.2 Å². The van der Waals surface area contributed by atoms with Crippen molar-refractivity contribution in [2.45, 2.75) is 19.4 Å². The molecule has 0 amide bonds. The molecule has 20 heavy (non-hydrogen) atoms. The van der Waals surface area contributed by atoms with Crippen LogP contribution >= 0.6 is 0 Å². The molecule has 1 heterocycles. The fourth-order valence-corrected chi connectivity index (χ4v) is 2.53. The molecule has 1 unspecified atom stereocenters. The Morgan fingerprint density at radius 1 is 1.10 bits per heavy atom. The second-order valence-electron chi connectivity index (χ2n) is 4.96. The van der Waals surface area contributed by atoms with Gasteiger partial charge in [0.1, 0.15) is 23.4 Å². The van der Waals surface area contributed by atoms with Crippen LogP contribution in [0, 0.1) is 6.92 Å². The van der Waals surface area contributed by atoms with Crippen molar-refractivity contribution < 1.29 is 19.7 Å². The summed E-state index contributed by atoms with van der Waals surface area (Å²) >= 11 is 0. The normalized spacial score (nSPS) is 17.4. The predicted octanol–water partition coefficient (Wildman–Crippen LogP) is 3.11. The van der Waals surface area contributed by atoms with Gasteiger partial charge in [0.05, 0.1) is 12.0 Å². The number of Topliss-reactive ketones (excluding diaryl/α,β-unsaturated/α-hetero) is 1. The highest BCUT2D eigenvalue weighted by Crippen LogP contribution is 2.38. The molecule has 2 aromatic carbocycles. The van der Waals surface area contributed by atoms with E-state index in [1.165, 1.54) is 6.07 Å². The van der Waals surface area contributed by atoms with E-state index in [0.29, 0.717) is 16.9 Å². The molecule has 1 atom stereocenters. The molecule has 3 rings (SSSR count). The van der Waals surface area contributed by atoms with E-state index in [2.05, 4.69) is 0 Å². The number of rotatable bonds is 1. The van der Waals surface area contributed by atoms with Gasteiger partial charge in [0.15, 0.2) is 5.78 Å². The summed E-state index contributed by atoms with van der Waals surface area (Å²) in [6, 6.07) is 9.61. The summed E-state index contributed by atoms with van der Waals surface area (Å²) in [5.74, 6) is 0.670. The van der Waals surface area contributed by atoms with Gasteiger partial charge in [0.2, 0.25) is 0 Å². The van der Waals surface area contributed by atoms with Gasteiger partial charge in [-0.2, -0.15) is 0 Å². The molecular weight excluding hydrogens is 256 g/mol. The van der Waals surface area contributed by atoms with Crippen molar-refractivity contribution in [1.29, 1.82) is 0 Å². The number of benzene rings is 2. The summed E-state index contributed by atoms with van der Waals surface area (Å²) in [6.07, 6.45) is -0.138. The first-order valence-corrected chi connectivity index (χ1v) is 6.37. The minimum absolute atomic E-state index is 0.00169. The molecule has 102 valence electrons. The molecule has 0 aliphatic carbocycles. The molecule has 4 heteroatoms. The third-order valence-corrected chi connectivity index (χ3v) is 3.47. The summed E-state index contributed by atoms with van der Waals surface area (Å²) in [5.41, 5.74) is 2.08. The second kappa shape index (κ2) is 4.56. The van der Waals surface area contributed by atoms with Gasteiger partial charge in [-0.25, -0.2) is 0 Å². The zero-order chi connectivity index (χ0) is 14.3. The molecule has 0 saturated heterocycles. The summed E-state index contributed by atoms with van der Waals surface area (Å²) in [5, 5.41) is 18.9. The third kappa shape index (κ3) is 2.09. The van der Waals surface area contributed by atoms with E-state index < -0.39 is 6.10 Å². The van der Waals surface area contributed by atoms with Crippen LogP contribution in [0.2, 0.25) is 0 Å². The fraction of sp³-hybridized carbons (Fsp3) is 0.188. The van der Waals surface area contributed by atoms with E-state index in [9.17, 15) is 15.0 Å². The number of phenols is 2. The lowest BCUT2D eigenvalue weighted by Crippen LogP contribution is -2.21. The molecule has 1 aliphatic rings. The molecule has 2 N–H and O–H groups in total. The van der Waals surface area contributed by atoms with Gasteiger partial charge in [0.25, 0.3) is 0 Å². The summed E-state index contributed by atoms with van der Waals surface area (Å²) in [7, 11) is 0. The molecule has 0 saturated carbocycles. The molecule has 2 aromatic rings. The highest BCUT2D eigenvalue weighted by molar-refractivity contribution is 6.01. The lowest BCUT2D eigenvalue weighted by Gasteiger charge is -2.26. The van der Waals surface area contributed by atoms with Crippen LogP contribution in [0.25, 0.3) is 0 Å². The van der Waals surface area contributed by atoms with Crippen LogP contribution in [0.5, 0.6) is 17.2 Å². The van der Waals surface area contributed by atoms with Crippen LogP contribution in [-0.2, 0) is 0 Å². The van der Waals surface area contributed by atoms with Crippen molar-refractivity contribution in [2.75, 3.05) is 0 Å². The van der Waals surface area contributed by atoms with Crippen LogP contribution in [0.3, 0.4) is 0 Å². The number of aromatic hydroxyl groups is 2. The Hall–Kier alpha value is -2.49. The number of phenolic OH excluding ortho intramolecular Hbond substituents is 2. The Bertz CT molecular complexity index is 674. The molecule has 4 nitrogen and oxygen atoms in total. The zero-order valence-corrected chi connectivity index (χ0v) is 11.0. The van der Waals surface area contributed by atoms with Crippen LogP contribution in [0.4, 0.5) is 0 Å². The van der Waals surface area contributed by atoms with Gasteiger partial charge >= 0.3 is 0 Å². The van der Waals surface area contributed by atoms with Crippen LogP contribution < -0.4 is 4.74 Å². The maximum absolute atomic E-state index is 12.3. The van der Waals surface area contributed by atoms with E-state index in [0.717, 1.165) is 5.56 Å². The largest absolute Gasteiger partial charge is 0.508 e. The van der Waals surface area contributed by atoms with E-state index in [1.807, 2.05) is 0 Å². The Morgan fingerprint density at radius 3 is 2.50 bits per heavy atom. The van der Waals surface area contributed by atoms with Crippen molar-refractivity contribution in [3.05, 3.63) is 53.1 Å². The number of ether oxygens (including phenoxy) is 1. The monoisotopic (exact) mass is 270 g/mol. The first-order valence-electron chi connectivity index (χ1n) is 6.37. The fourth-order valence-electron chi connectivity index (χ4n) is 2.53. The molecular formula is C16H14O4. The average Bonchev–Trinajstić information content (AvgIpc) is 2.38. The van der Waals surface area contributed by atoms with Crippen LogP contribution in [-0.4, -0.2) is 16.0 Å². The smallest absolute Gasteiger partial charge is 0.170 e. The number of carbonyl (C=O) groups excluding carboxylic acids is 1. The summed E-state index contributed by atoms with van der Waals surface area (Å²) in [6.45, 7) is 1.78. The number of aryl methyl sites for hydroxylation is 1. The van der Waals surface area contributed by atoms with E-state index in [1.54, 1.807) is 37.3 Å². The van der Waals surface area contributed by atoms with Crippen molar-refractivity contribution in [3.63, 3.8) is 0 Å². The summed E-state index contributed by atoms with van der Waals surface area (Å²) in [4.78, 5) is 12.3. The SMILES string of the molecule is Cc1cc(O)cc2c1C(=O)CC(c1ccc(O)cc1)O2. The van der Waals surface area contributed by atoms with E-state index in [4.69, 9.17) is 4.74 Å². The average molecular weight is 270 g/mol. The molecule has 0 spiro atoms. The van der Waals surface area contributed by atoms with Crippen LogP contribution in [0.1, 0.15) is 34.0 Å². The Labute approximate surface area is 116 Å². The highest BCUT2D eigenvalue weighted by atomic mass is 16.5. The Kier molecular flexibility index (Phi) is 2.86. The topological polar surface area (TPSA) is 66.8 Å². The minimum Gasteiger partial charge on any atom is -0.508 e. The highest BCUT2D eigenvalue weighted by Gasteiger charge is 2.29. The number of hydrogen-bond donors (Lipinski definition) is 2. The van der Waals surface area contributed by atoms with Crippen molar-refractivity contribution in [2.24, 2.45) is 0 Å². The minimum atomic E-state index is -0.392. The number of carbonyl (C=O) groups is 1. The lowest BCUT2D eigenvalue weighted by molar-refractivity contribution is 0.0848. The molecule has 0 fully saturated rings. The maximum Gasteiger partial charge on any atom is 0.170 e. The quantitative estimate of drug-likeness (QED) is 0.835. The number of hydrogen-bond acceptors (Lipinski definition) is 4. The zero-order valence-electron chi connectivity index (χ0n) is 11.0.